The summed E-state index contributed by atoms with van der Waals surface area (Å²) in [6, 6.07) is 5.89. The molecule has 1 aromatic carbocycles. The highest BCUT2D eigenvalue weighted by molar-refractivity contribution is 6.31. The Morgan fingerprint density at radius 3 is 2.65 bits per heavy atom. The van der Waals surface area contributed by atoms with E-state index < -0.39 is 6.10 Å². The van der Waals surface area contributed by atoms with Crippen molar-refractivity contribution in [3.05, 3.63) is 23.2 Å². The molecule has 3 fully saturated rings. The molecule has 1 saturated carbocycles. The van der Waals surface area contributed by atoms with Crippen LogP contribution in [-0.2, 0) is 4.79 Å². The average Bonchev–Trinajstić information content (AvgIpc) is 3.34. The second-order valence-corrected chi connectivity index (χ2v) is 9.14. The predicted molar refractivity (Wildman–Crippen MR) is 125 cm³/mol. The molecule has 2 aromatic rings. The molecule has 0 unspecified atom stereocenters. The third kappa shape index (κ3) is 5.06. The van der Waals surface area contributed by atoms with Crippen LogP contribution in [0.15, 0.2) is 22.6 Å². The summed E-state index contributed by atoms with van der Waals surface area (Å²) in [6.45, 7) is 3.43. The Morgan fingerprint density at radius 1 is 1.19 bits per heavy atom. The third-order valence-corrected chi connectivity index (χ3v) is 7.08. The number of nitrogens with zero attached hydrogens (tertiary/aromatic N) is 2. The normalized spacial score (nSPS) is 28.5. The van der Waals surface area contributed by atoms with Gasteiger partial charge in [-0.05, 0) is 62.7 Å². The average molecular weight is 492 g/mol. The minimum Gasteiger partial charge on any atom is -0.423 e. The lowest BCUT2D eigenvalue weighted by molar-refractivity contribution is -0.128. The summed E-state index contributed by atoms with van der Waals surface area (Å²) in [5.74, 6) is 1.16. The maximum atomic E-state index is 12.8. The first-order valence-electron chi connectivity index (χ1n) is 10.6. The number of aliphatic hydroxyl groups is 1. The molecule has 1 aromatic heterocycles. The van der Waals surface area contributed by atoms with Gasteiger partial charge in [0.25, 0.3) is 6.01 Å². The Kier molecular flexibility index (Phi) is 7.97. The topological polar surface area (TPSA) is 90.6 Å². The molecule has 1 amide bonds. The van der Waals surface area contributed by atoms with Crippen LogP contribution in [0.1, 0.15) is 25.7 Å². The molecule has 2 aliphatic heterocycles. The fourth-order valence-electron chi connectivity index (χ4n) is 5.11. The number of carbonyl (C=O) groups is 1. The van der Waals surface area contributed by atoms with E-state index in [1.807, 2.05) is 6.07 Å². The van der Waals surface area contributed by atoms with Crippen LogP contribution in [-0.4, -0.2) is 54.3 Å². The summed E-state index contributed by atoms with van der Waals surface area (Å²) in [5, 5.41) is 17.6. The Bertz CT molecular complexity index is 903. The van der Waals surface area contributed by atoms with Crippen LogP contribution in [0.4, 0.5) is 6.01 Å². The van der Waals surface area contributed by atoms with Crippen LogP contribution in [0.2, 0.25) is 5.02 Å². The highest BCUT2D eigenvalue weighted by Crippen LogP contribution is 2.33. The second-order valence-electron chi connectivity index (χ2n) is 8.70. The van der Waals surface area contributed by atoms with Crippen molar-refractivity contribution in [3.63, 3.8) is 0 Å². The number of nitrogens with one attached hydrogen (secondary N) is 2. The molecule has 4 atom stereocenters. The van der Waals surface area contributed by atoms with Crippen molar-refractivity contribution >= 4 is 59.4 Å². The number of oxazole rings is 1. The van der Waals surface area contributed by atoms with Crippen LogP contribution in [0.25, 0.3) is 11.1 Å². The summed E-state index contributed by atoms with van der Waals surface area (Å²) in [7, 11) is 0. The predicted octanol–water partition coefficient (Wildman–Crippen LogP) is 3.02. The van der Waals surface area contributed by atoms with Gasteiger partial charge in [-0.15, -0.1) is 24.8 Å². The highest BCUT2D eigenvalue weighted by Gasteiger charge is 2.40. The monoisotopic (exact) mass is 490 g/mol. The van der Waals surface area contributed by atoms with Gasteiger partial charge < -0.3 is 25.1 Å². The van der Waals surface area contributed by atoms with Crippen molar-refractivity contribution in [1.82, 2.24) is 15.6 Å². The van der Waals surface area contributed by atoms with Gasteiger partial charge in [-0.25, -0.2) is 0 Å². The zero-order chi connectivity index (χ0) is 20.0. The van der Waals surface area contributed by atoms with E-state index in [1.54, 1.807) is 12.1 Å². The number of hydrogen-bond donors (Lipinski definition) is 3. The quantitative estimate of drug-likeness (QED) is 0.611. The largest absolute Gasteiger partial charge is 0.423 e. The zero-order valence-corrected chi connectivity index (χ0v) is 19.5. The number of carbonyl (C=O) groups excluding carboxylic acids is 1. The number of rotatable bonds is 3. The highest BCUT2D eigenvalue weighted by atomic mass is 35.5. The molecule has 0 spiro atoms. The van der Waals surface area contributed by atoms with Crippen molar-refractivity contribution in [2.45, 2.75) is 37.8 Å². The fourth-order valence-corrected chi connectivity index (χ4v) is 5.27. The molecule has 2 saturated heterocycles. The van der Waals surface area contributed by atoms with Crippen LogP contribution >= 0.6 is 36.4 Å². The minimum atomic E-state index is -0.438. The number of benzene rings is 1. The standard InChI is InChI=1S/C21H27ClN4O3.2ClH/c22-15-1-2-16-19(9-15)29-21(25-16)26-5-3-12(4-6-26)20(28)24-17-7-13-10-23-11-14(13)8-18(17)27;;/h1-2,9,12-14,17-18,23,27H,3-8,10-11H2,(H,24,28);2*1H/t13-,14+,17-,18-;;/m0../s1. The smallest absolute Gasteiger partial charge is 0.298 e. The molecule has 10 heteroatoms. The van der Waals surface area contributed by atoms with E-state index in [-0.39, 0.29) is 42.7 Å². The summed E-state index contributed by atoms with van der Waals surface area (Å²) in [6.07, 6.45) is 2.72. The van der Waals surface area contributed by atoms with Gasteiger partial charge in [0.2, 0.25) is 5.91 Å². The van der Waals surface area contributed by atoms with E-state index in [0.29, 0.717) is 28.5 Å². The molecule has 7 nitrogen and oxygen atoms in total. The molecular formula is C21H29Cl3N4O3. The summed E-state index contributed by atoms with van der Waals surface area (Å²) in [5.41, 5.74) is 1.47. The van der Waals surface area contributed by atoms with Crippen LogP contribution in [0.3, 0.4) is 0 Å². The maximum Gasteiger partial charge on any atom is 0.298 e. The molecule has 3 N–H and O–H groups in total. The number of fused-ring (bicyclic) bond motifs is 2. The Labute approximate surface area is 199 Å². The first kappa shape index (κ1) is 24.4. The SMILES string of the molecule is Cl.Cl.O=C(N[C@H]1C[C@H]2CNC[C@H]2C[C@@H]1O)C1CCN(c2nc3ccc(Cl)cc3o2)CC1. The summed E-state index contributed by atoms with van der Waals surface area (Å²) >= 11 is 6.02. The third-order valence-electron chi connectivity index (χ3n) is 6.85. The molecule has 0 radical (unpaired) electrons. The number of aliphatic hydroxyl groups excluding tert-OH is 1. The van der Waals surface area contributed by atoms with E-state index in [1.165, 1.54) is 0 Å². The van der Waals surface area contributed by atoms with E-state index in [4.69, 9.17) is 16.0 Å². The molecule has 1 aliphatic carbocycles. The van der Waals surface area contributed by atoms with E-state index >= 15 is 0 Å². The number of piperidine rings is 1. The number of anilines is 1. The van der Waals surface area contributed by atoms with Crippen LogP contribution in [0.5, 0.6) is 0 Å². The molecule has 0 bridgehead atoms. The maximum absolute atomic E-state index is 12.8. The molecule has 3 aliphatic rings. The number of halogens is 3. The van der Waals surface area contributed by atoms with Gasteiger partial charge in [-0.3, -0.25) is 4.79 Å². The second kappa shape index (κ2) is 10.1. The van der Waals surface area contributed by atoms with Gasteiger partial charge in [0.05, 0.1) is 12.1 Å². The lowest BCUT2D eigenvalue weighted by atomic mass is 9.77. The van der Waals surface area contributed by atoms with Gasteiger partial charge in [0.15, 0.2) is 5.58 Å². The van der Waals surface area contributed by atoms with Gasteiger partial charge in [0, 0.05) is 30.1 Å². The molecular weight excluding hydrogens is 463 g/mol. The van der Waals surface area contributed by atoms with E-state index in [2.05, 4.69) is 20.5 Å². The lowest BCUT2D eigenvalue weighted by Gasteiger charge is -2.37. The van der Waals surface area contributed by atoms with Gasteiger partial charge in [0.1, 0.15) is 5.52 Å². The van der Waals surface area contributed by atoms with Gasteiger partial charge in [-0.1, -0.05) is 11.6 Å². The fraction of sp³-hybridized carbons (Fsp3) is 0.619. The number of aromatic nitrogens is 1. The van der Waals surface area contributed by atoms with Crippen LogP contribution in [0, 0.1) is 17.8 Å². The van der Waals surface area contributed by atoms with Crippen molar-refractivity contribution in [2.24, 2.45) is 17.8 Å². The molecule has 172 valence electrons. The van der Waals surface area contributed by atoms with Crippen molar-refractivity contribution < 1.29 is 14.3 Å². The number of hydrogen-bond acceptors (Lipinski definition) is 6. The first-order chi connectivity index (χ1) is 14.1. The Morgan fingerprint density at radius 2 is 1.90 bits per heavy atom. The van der Waals surface area contributed by atoms with Crippen molar-refractivity contribution in [3.8, 4) is 0 Å². The first-order valence-corrected chi connectivity index (χ1v) is 10.9. The lowest BCUT2D eigenvalue weighted by Crippen LogP contribution is -2.52. The zero-order valence-electron chi connectivity index (χ0n) is 17.1. The molecule has 5 rings (SSSR count). The summed E-state index contributed by atoms with van der Waals surface area (Å²) < 4.78 is 5.85. The van der Waals surface area contributed by atoms with Crippen LogP contribution < -0.4 is 15.5 Å². The van der Waals surface area contributed by atoms with E-state index in [9.17, 15) is 9.90 Å². The van der Waals surface area contributed by atoms with Gasteiger partial charge >= 0.3 is 0 Å². The van der Waals surface area contributed by atoms with Crippen molar-refractivity contribution in [1.29, 1.82) is 0 Å². The van der Waals surface area contributed by atoms with Crippen molar-refractivity contribution in [2.75, 3.05) is 31.1 Å². The Hall–Kier alpha value is -1.25. The number of amides is 1. The van der Waals surface area contributed by atoms with Gasteiger partial charge in [-0.2, -0.15) is 4.98 Å². The Balaban J connectivity index is 0.00000136. The molecule has 3 heterocycles. The minimum absolute atomic E-state index is 0. The molecule has 31 heavy (non-hydrogen) atoms. The van der Waals surface area contributed by atoms with E-state index in [0.717, 1.165) is 57.4 Å². The summed E-state index contributed by atoms with van der Waals surface area (Å²) in [4.78, 5) is 19.4.